The summed E-state index contributed by atoms with van der Waals surface area (Å²) in [5, 5.41) is 3.45. The molecule has 18 heavy (non-hydrogen) atoms. The van der Waals surface area contributed by atoms with E-state index in [0.29, 0.717) is 0 Å². The number of imidazole rings is 1. The zero-order valence-corrected chi connectivity index (χ0v) is 10.1. The van der Waals surface area contributed by atoms with Crippen molar-refractivity contribution in [3.63, 3.8) is 0 Å². The smallest absolute Gasteiger partial charge is 0.138 e. The third-order valence-corrected chi connectivity index (χ3v) is 2.92. The molecular weight excluding hydrogens is 224 g/mol. The predicted octanol–water partition coefficient (Wildman–Crippen LogP) is 2.90. The molecule has 0 radical (unpaired) electrons. The summed E-state index contributed by atoms with van der Waals surface area (Å²) in [6, 6.07) is 12.1. The Morgan fingerprint density at radius 2 is 2.00 bits per heavy atom. The van der Waals surface area contributed by atoms with Gasteiger partial charge in [-0.15, -0.1) is 0 Å². The molecule has 3 heterocycles. The van der Waals surface area contributed by atoms with Crippen LogP contribution < -0.4 is 5.32 Å². The van der Waals surface area contributed by atoms with Gasteiger partial charge in [0.1, 0.15) is 11.5 Å². The van der Waals surface area contributed by atoms with Crippen LogP contribution in [0.4, 0.5) is 5.82 Å². The lowest BCUT2D eigenvalue weighted by atomic mass is 10.2. The Hall–Kier alpha value is -2.36. The number of aromatic nitrogens is 3. The molecule has 3 aromatic rings. The molecule has 0 amide bonds. The number of fused-ring (bicyclic) bond motifs is 1. The van der Waals surface area contributed by atoms with Crippen molar-refractivity contribution in [3.8, 4) is 0 Å². The van der Waals surface area contributed by atoms with E-state index in [1.54, 1.807) is 6.20 Å². The molecule has 0 aliphatic rings. The van der Waals surface area contributed by atoms with Crippen molar-refractivity contribution in [2.24, 2.45) is 0 Å². The molecule has 0 fully saturated rings. The normalized spacial score (nSPS) is 12.5. The van der Waals surface area contributed by atoms with Crippen LogP contribution in [0.3, 0.4) is 0 Å². The van der Waals surface area contributed by atoms with Gasteiger partial charge < -0.3 is 5.32 Å². The first-order valence-corrected chi connectivity index (χ1v) is 5.94. The second-order valence-electron chi connectivity index (χ2n) is 4.19. The van der Waals surface area contributed by atoms with Gasteiger partial charge in [-0.1, -0.05) is 12.1 Å². The molecule has 3 rings (SSSR count). The van der Waals surface area contributed by atoms with Crippen molar-refractivity contribution in [2.45, 2.75) is 13.0 Å². The largest absolute Gasteiger partial charge is 0.363 e. The average Bonchev–Trinajstić information content (AvgIpc) is 2.89. The third kappa shape index (κ3) is 1.93. The lowest BCUT2D eigenvalue weighted by Crippen LogP contribution is -2.10. The van der Waals surface area contributed by atoms with E-state index in [0.717, 1.165) is 17.2 Å². The summed E-state index contributed by atoms with van der Waals surface area (Å²) in [6.45, 7) is 2.10. The maximum Gasteiger partial charge on any atom is 0.138 e. The Morgan fingerprint density at radius 3 is 2.83 bits per heavy atom. The van der Waals surface area contributed by atoms with Crippen LogP contribution in [-0.4, -0.2) is 14.4 Å². The summed E-state index contributed by atoms with van der Waals surface area (Å²) >= 11 is 0. The summed E-state index contributed by atoms with van der Waals surface area (Å²) in [4.78, 5) is 8.62. The van der Waals surface area contributed by atoms with Gasteiger partial charge in [-0.3, -0.25) is 9.38 Å². The topological polar surface area (TPSA) is 42.2 Å². The van der Waals surface area contributed by atoms with Crippen molar-refractivity contribution < 1.29 is 0 Å². The number of anilines is 1. The molecule has 0 aromatic carbocycles. The first-order chi connectivity index (χ1) is 8.84. The number of pyridine rings is 2. The Labute approximate surface area is 105 Å². The zero-order chi connectivity index (χ0) is 12.4. The highest BCUT2D eigenvalue weighted by Gasteiger charge is 2.07. The fraction of sp³-hybridized carbons (Fsp3) is 0.143. The summed E-state index contributed by atoms with van der Waals surface area (Å²) in [5.74, 6) is 1.02. The first-order valence-electron chi connectivity index (χ1n) is 5.94. The lowest BCUT2D eigenvalue weighted by Gasteiger charge is -2.15. The lowest BCUT2D eigenvalue weighted by molar-refractivity contribution is 0.828. The summed E-state index contributed by atoms with van der Waals surface area (Å²) < 4.78 is 2.03. The second kappa shape index (κ2) is 4.49. The minimum Gasteiger partial charge on any atom is -0.363 e. The molecule has 3 aromatic heterocycles. The van der Waals surface area contributed by atoms with Gasteiger partial charge in [0.2, 0.25) is 0 Å². The molecule has 1 atom stereocenters. The van der Waals surface area contributed by atoms with Crippen molar-refractivity contribution in [3.05, 3.63) is 60.7 Å². The Bertz CT molecular complexity index is 645. The van der Waals surface area contributed by atoms with Gasteiger partial charge >= 0.3 is 0 Å². The van der Waals surface area contributed by atoms with Gasteiger partial charge in [0.15, 0.2) is 0 Å². The van der Waals surface area contributed by atoms with E-state index < -0.39 is 0 Å². The Morgan fingerprint density at radius 1 is 1.06 bits per heavy atom. The predicted molar refractivity (Wildman–Crippen MR) is 71.5 cm³/mol. The van der Waals surface area contributed by atoms with Gasteiger partial charge in [-0.25, -0.2) is 4.98 Å². The number of rotatable bonds is 3. The van der Waals surface area contributed by atoms with Crippen LogP contribution in [0.25, 0.3) is 5.65 Å². The maximum absolute atomic E-state index is 4.36. The second-order valence-corrected chi connectivity index (χ2v) is 4.19. The SMILES string of the molecule is CC(Nc1cccc2nccn12)c1ccccn1. The fourth-order valence-corrected chi connectivity index (χ4v) is 1.99. The van der Waals surface area contributed by atoms with E-state index in [9.17, 15) is 0 Å². The van der Waals surface area contributed by atoms with E-state index >= 15 is 0 Å². The van der Waals surface area contributed by atoms with Gasteiger partial charge in [0.25, 0.3) is 0 Å². The number of nitrogens with zero attached hydrogens (tertiary/aromatic N) is 3. The molecule has 90 valence electrons. The van der Waals surface area contributed by atoms with Crippen LogP contribution in [-0.2, 0) is 0 Å². The van der Waals surface area contributed by atoms with E-state index in [1.165, 1.54) is 0 Å². The molecule has 0 aliphatic heterocycles. The molecule has 0 bridgehead atoms. The van der Waals surface area contributed by atoms with Crippen molar-refractivity contribution in [2.75, 3.05) is 5.32 Å². The minimum absolute atomic E-state index is 0.152. The monoisotopic (exact) mass is 238 g/mol. The Balaban J connectivity index is 1.91. The van der Waals surface area contributed by atoms with Gasteiger partial charge in [0, 0.05) is 18.6 Å². The maximum atomic E-state index is 4.36. The highest BCUT2D eigenvalue weighted by Crippen LogP contribution is 2.18. The van der Waals surface area contributed by atoms with Crippen LogP contribution in [0.5, 0.6) is 0 Å². The van der Waals surface area contributed by atoms with Crippen LogP contribution in [0.1, 0.15) is 18.7 Å². The minimum atomic E-state index is 0.152. The molecule has 0 aliphatic carbocycles. The van der Waals surface area contributed by atoms with E-state index in [4.69, 9.17) is 0 Å². The summed E-state index contributed by atoms with van der Waals surface area (Å²) in [6.07, 6.45) is 5.56. The number of hydrogen-bond acceptors (Lipinski definition) is 3. The highest BCUT2D eigenvalue weighted by molar-refractivity contribution is 5.50. The standard InChI is InChI=1S/C14H14N4/c1-11(12-5-2-3-8-15-12)17-14-7-4-6-13-16-9-10-18(13)14/h2-11,17H,1H3. The van der Waals surface area contributed by atoms with E-state index in [2.05, 4.69) is 22.2 Å². The average molecular weight is 238 g/mol. The summed E-state index contributed by atoms with van der Waals surface area (Å²) in [5.41, 5.74) is 1.96. The molecule has 0 spiro atoms. The molecule has 0 saturated carbocycles. The van der Waals surface area contributed by atoms with Gasteiger partial charge in [0.05, 0.1) is 11.7 Å². The van der Waals surface area contributed by atoms with Gasteiger partial charge in [-0.05, 0) is 31.2 Å². The molecule has 0 saturated heterocycles. The van der Waals surface area contributed by atoms with E-state index in [1.807, 2.05) is 53.2 Å². The van der Waals surface area contributed by atoms with Crippen LogP contribution >= 0.6 is 0 Å². The molecular formula is C14H14N4. The number of nitrogens with one attached hydrogen (secondary N) is 1. The number of hydrogen-bond donors (Lipinski definition) is 1. The van der Waals surface area contributed by atoms with Crippen molar-refractivity contribution in [1.29, 1.82) is 0 Å². The molecule has 4 heteroatoms. The van der Waals surface area contributed by atoms with Gasteiger partial charge in [-0.2, -0.15) is 0 Å². The van der Waals surface area contributed by atoms with Crippen LogP contribution in [0, 0.1) is 0 Å². The molecule has 4 nitrogen and oxygen atoms in total. The molecule has 1 N–H and O–H groups in total. The highest BCUT2D eigenvalue weighted by atomic mass is 15.1. The third-order valence-electron chi connectivity index (χ3n) is 2.92. The van der Waals surface area contributed by atoms with Crippen molar-refractivity contribution >= 4 is 11.5 Å². The first kappa shape index (κ1) is 10.8. The Kier molecular flexibility index (Phi) is 2.68. The van der Waals surface area contributed by atoms with Crippen molar-refractivity contribution in [1.82, 2.24) is 14.4 Å². The van der Waals surface area contributed by atoms with E-state index in [-0.39, 0.29) is 6.04 Å². The quantitative estimate of drug-likeness (QED) is 0.763. The summed E-state index contributed by atoms with van der Waals surface area (Å²) in [7, 11) is 0. The van der Waals surface area contributed by atoms with Crippen LogP contribution in [0.2, 0.25) is 0 Å². The molecule has 1 unspecified atom stereocenters. The van der Waals surface area contributed by atoms with Crippen LogP contribution in [0.15, 0.2) is 55.0 Å². The zero-order valence-electron chi connectivity index (χ0n) is 10.1. The fourth-order valence-electron chi connectivity index (χ4n) is 1.99.